The Balaban J connectivity index is 1.42. The first-order chi connectivity index (χ1) is 17.0. The molecule has 184 valence electrons. The van der Waals surface area contributed by atoms with Crippen LogP contribution >= 0.6 is 0 Å². The van der Waals surface area contributed by atoms with Crippen molar-refractivity contribution in [1.82, 2.24) is 35.6 Å². The van der Waals surface area contributed by atoms with Gasteiger partial charge in [0.05, 0.1) is 31.7 Å². The number of hydrazone groups is 1. The number of ether oxygens (including phenoxy) is 3. The van der Waals surface area contributed by atoms with Crippen LogP contribution in [0.5, 0.6) is 11.5 Å². The lowest BCUT2D eigenvalue weighted by Crippen LogP contribution is -2.42. The van der Waals surface area contributed by atoms with Crippen LogP contribution in [0, 0.1) is 6.92 Å². The topological polar surface area (TPSA) is 185 Å². The zero-order valence-corrected chi connectivity index (χ0v) is 19.0. The molecule has 3 aromatic rings. The predicted octanol–water partition coefficient (Wildman–Crippen LogP) is 0.535. The highest BCUT2D eigenvalue weighted by Crippen LogP contribution is 2.28. The molecule has 15 nitrogen and oxygen atoms in total. The van der Waals surface area contributed by atoms with Gasteiger partial charge < -0.3 is 24.8 Å². The SMILES string of the molecule is CCOc1cc(/C=N/NC(=O)c2nnn(-c3nonc3N)c2C)ccc1OC(=O)N1CCOCC1. The van der Waals surface area contributed by atoms with E-state index in [2.05, 4.69) is 35.8 Å². The smallest absolute Gasteiger partial charge is 0.415 e. The summed E-state index contributed by atoms with van der Waals surface area (Å²) in [4.78, 5) is 26.5. The molecule has 1 aliphatic heterocycles. The summed E-state index contributed by atoms with van der Waals surface area (Å²) in [5.74, 6) is 0.170. The molecule has 0 atom stereocenters. The van der Waals surface area contributed by atoms with E-state index in [4.69, 9.17) is 19.9 Å². The van der Waals surface area contributed by atoms with E-state index in [1.807, 2.05) is 6.92 Å². The van der Waals surface area contributed by atoms with Crippen molar-refractivity contribution in [3.05, 3.63) is 35.2 Å². The third-order valence-electron chi connectivity index (χ3n) is 4.92. The summed E-state index contributed by atoms with van der Waals surface area (Å²) in [6, 6.07) is 4.91. The van der Waals surface area contributed by atoms with Crippen LogP contribution in [-0.4, -0.2) is 81.3 Å². The standard InChI is InChI=1S/C20H23N9O6/c1-3-33-15-10-13(4-5-14(15)34-20(31)28-6-8-32-9-7-28)11-22-24-19(30)16-12(2)29(27-23-16)18-17(21)25-35-26-18/h4-5,10-11H,3,6-9H2,1-2H3,(H2,21,25)(H,24,30)/b22-11+. The van der Waals surface area contributed by atoms with Crippen LogP contribution in [0.25, 0.3) is 5.82 Å². The van der Waals surface area contributed by atoms with E-state index in [0.717, 1.165) is 0 Å². The fourth-order valence-electron chi connectivity index (χ4n) is 3.16. The summed E-state index contributed by atoms with van der Waals surface area (Å²) in [5.41, 5.74) is 9.02. The van der Waals surface area contributed by atoms with Crippen LogP contribution in [0.2, 0.25) is 0 Å². The lowest BCUT2D eigenvalue weighted by molar-refractivity contribution is 0.0413. The molecule has 0 saturated carbocycles. The zero-order chi connectivity index (χ0) is 24.8. The van der Waals surface area contributed by atoms with Crippen LogP contribution < -0.4 is 20.6 Å². The number of carbonyl (C=O) groups excluding carboxylic acids is 2. The monoisotopic (exact) mass is 485 g/mol. The van der Waals surface area contributed by atoms with Crippen molar-refractivity contribution in [1.29, 1.82) is 0 Å². The average molecular weight is 485 g/mol. The van der Waals surface area contributed by atoms with Gasteiger partial charge in [-0.3, -0.25) is 4.79 Å². The third-order valence-corrected chi connectivity index (χ3v) is 4.92. The summed E-state index contributed by atoms with van der Waals surface area (Å²) < 4.78 is 22.1. The van der Waals surface area contributed by atoms with Gasteiger partial charge in [-0.15, -0.1) is 5.10 Å². The molecular weight excluding hydrogens is 462 g/mol. The number of carbonyl (C=O) groups is 2. The number of hydrogen-bond donors (Lipinski definition) is 2. The van der Waals surface area contributed by atoms with Crippen molar-refractivity contribution in [2.45, 2.75) is 13.8 Å². The summed E-state index contributed by atoms with van der Waals surface area (Å²) in [6.45, 7) is 5.64. The molecule has 3 N–H and O–H groups in total. The molecule has 3 heterocycles. The number of nitrogen functional groups attached to an aromatic ring is 1. The van der Waals surface area contributed by atoms with E-state index < -0.39 is 12.0 Å². The number of aromatic nitrogens is 5. The number of anilines is 1. The van der Waals surface area contributed by atoms with Gasteiger partial charge in [0.2, 0.25) is 11.6 Å². The average Bonchev–Trinajstić information content (AvgIpc) is 3.46. The largest absolute Gasteiger partial charge is 0.490 e. The highest BCUT2D eigenvalue weighted by Gasteiger charge is 2.22. The molecule has 2 aromatic heterocycles. The van der Waals surface area contributed by atoms with Gasteiger partial charge in [0, 0.05) is 13.1 Å². The van der Waals surface area contributed by atoms with Gasteiger partial charge in [-0.1, -0.05) is 5.21 Å². The minimum absolute atomic E-state index is 0.00662. The summed E-state index contributed by atoms with van der Waals surface area (Å²) >= 11 is 0. The Kier molecular flexibility index (Phi) is 7.15. The lowest BCUT2D eigenvalue weighted by atomic mass is 10.2. The minimum Gasteiger partial charge on any atom is -0.490 e. The molecule has 0 aliphatic carbocycles. The number of hydrogen-bond acceptors (Lipinski definition) is 12. The van der Waals surface area contributed by atoms with Crippen LogP contribution in [0.15, 0.2) is 27.9 Å². The molecule has 15 heteroatoms. The Labute approximate surface area is 198 Å². The van der Waals surface area contributed by atoms with Crippen LogP contribution in [0.4, 0.5) is 10.6 Å². The summed E-state index contributed by atoms with van der Waals surface area (Å²) in [6.07, 6.45) is 0.933. The molecule has 1 aliphatic rings. The molecular formula is C20H23N9O6. The Morgan fingerprint density at radius 1 is 1.26 bits per heavy atom. The second-order valence-corrected chi connectivity index (χ2v) is 7.21. The second kappa shape index (κ2) is 10.6. The van der Waals surface area contributed by atoms with Crippen molar-refractivity contribution >= 4 is 24.0 Å². The summed E-state index contributed by atoms with van der Waals surface area (Å²) in [7, 11) is 0. The molecule has 1 aromatic carbocycles. The van der Waals surface area contributed by atoms with Crippen molar-refractivity contribution in [2.24, 2.45) is 5.10 Å². The van der Waals surface area contributed by atoms with E-state index >= 15 is 0 Å². The van der Waals surface area contributed by atoms with E-state index in [-0.39, 0.29) is 23.1 Å². The van der Waals surface area contributed by atoms with Gasteiger partial charge >= 0.3 is 6.09 Å². The van der Waals surface area contributed by atoms with Gasteiger partial charge in [0.25, 0.3) is 5.91 Å². The minimum atomic E-state index is -0.596. The van der Waals surface area contributed by atoms with E-state index in [9.17, 15) is 9.59 Å². The third kappa shape index (κ3) is 5.35. The Morgan fingerprint density at radius 3 is 2.77 bits per heavy atom. The quantitative estimate of drug-likeness (QED) is 0.351. The maximum Gasteiger partial charge on any atom is 0.415 e. The molecule has 0 unspecified atom stereocenters. The lowest BCUT2D eigenvalue weighted by Gasteiger charge is -2.26. The molecule has 0 radical (unpaired) electrons. The first-order valence-electron chi connectivity index (χ1n) is 10.6. The number of nitrogens with one attached hydrogen (secondary N) is 1. The van der Waals surface area contributed by atoms with E-state index in [1.54, 1.807) is 30.0 Å². The predicted molar refractivity (Wildman–Crippen MR) is 119 cm³/mol. The van der Waals surface area contributed by atoms with E-state index in [0.29, 0.717) is 49.9 Å². The Hall–Kier alpha value is -4.53. The normalized spacial score (nSPS) is 13.7. The van der Waals surface area contributed by atoms with Gasteiger partial charge in [0.15, 0.2) is 17.2 Å². The maximum atomic E-state index is 12.5. The summed E-state index contributed by atoms with van der Waals surface area (Å²) in [5, 5.41) is 18.7. The van der Waals surface area contributed by atoms with Crippen molar-refractivity contribution in [2.75, 3.05) is 38.6 Å². The van der Waals surface area contributed by atoms with Gasteiger partial charge in [0.1, 0.15) is 0 Å². The van der Waals surface area contributed by atoms with Crippen LogP contribution in [-0.2, 0) is 4.74 Å². The fraction of sp³-hybridized carbons (Fsp3) is 0.350. The molecule has 0 spiro atoms. The van der Waals surface area contributed by atoms with Crippen LogP contribution in [0.1, 0.15) is 28.7 Å². The van der Waals surface area contributed by atoms with Crippen molar-refractivity contribution < 1.29 is 28.4 Å². The first kappa shape index (κ1) is 23.6. The van der Waals surface area contributed by atoms with Gasteiger partial charge in [-0.25, -0.2) is 14.8 Å². The Bertz CT molecular complexity index is 1230. The Morgan fingerprint density at radius 2 is 2.06 bits per heavy atom. The fourth-order valence-corrected chi connectivity index (χ4v) is 3.16. The van der Waals surface area contributed by atoms with Gasteiger partial charge in [-0.2, -0.15) is 9.78 Å². The molecule has 1 saturated heterocycles. The number of nitrogens with two attached hydrogens (primary N) is 1. The molecule has 2 amide bonds. The number of rotatable bonds is 7. The number of amides is 2. The van der Waals surface area contributed by atoms with Crippen molar-refractivity contribution in [3.63, 3.8) is 0 Å². The highest BCUT2D eigenvalue weighted by atomic mass is 16.6. The number of nitrogens with zero attached hydrogens (tertiary/aromatic N) is 7. The number of morpholine rings is 1. The molecule has 0 bridgehead atoms. The maximum absolute atomic E-state index is 12.5. The second-order valence-electron chi connectivity index (χ2n) is 7.21. The van der Waals surface area contributed by atoms with E-state index in [1.165, 1.54) is 10.9 Å². The number of benzene rings is 1. The molecule has 4 rings (SSSR count). The molecule has 35 heavy (non-hydrogen) atoms. The molecule has 1 fully saturated rings. The zero-order valence-electron chi connectivity index (χ0n) is 19.0. The highest BCUT2D eigenvalue weighted by molar-refractivity contribution is 5.94. The first-order valence-corrected chi connectivity index (χ1v) is 10.6. The van der Waals surface area contributed by atoms with Gasteiger partial charge in [-0.05, 0) is 47.9 Å². The van der Waals surface area contributed by atoms with Crippen LogP contribution in [0.3, 0.4) is 0 Å². The van der Waals surface area contributed by atoms with Crippen molar-refractivity contribution in [3.8, 4) is 17.3 Å².